The number of hydrogen-bond acceptors (Lipinski definition) is 3. The van der Waals surface area contributed by atoms with Crippen LogP contribution in [0.1, 0.15) is 18.9 Å². The quantitative estimate of drug-likeness (QED) is 0.876. The zero-order valence-corrected chi connectivity index (χ0v) is 11.9. The first kappa shape index (κ1) is 12.0. The van der Waals surface area contributed by atoms with Gasteiger partial charge in [-0.25, -0.2) is 4.98 Å². The normalized spacial score (nSPS) is 15.2. The van der Waals surface area contributed by atoms with Crippen LogP contribution in [0.25, 0.3) is 11.0 Å². The summed E-state index contributed by atoms with van der Waals surface area (Å²) >= 11 is 4.76. The Morgan fingerprint density at radius 1 is 1.56 bits per heavy atom. The van der Waals surface area contributed by atoms with Crippen molar-refractivity contribution < 1.29 is 9.90 Å². The highest BCUT2D eigenvalue weighted by Crippen LogP contribution is 2.41. The van der Waals surface area contributed by atoms with Crippen molar-refractivity contribution in [1.29, 1.82) is 0 Å². The maximum absolute atomic E-state index is 10.7. The molecule has 0 amide bonds. The number of imidazole rings is 1. The monoisotopic (exact) mass is 326 g/mol. The second-order valence-electron chi connectivity index (χ2n) is 4.31. The molecule has 0 atom stereocenters. The minimum atomic E-state index is -0.810. The van der Waals surface area contributed by atoms with Crippen LogP contribution in [0.2, 0.25) is 0 Å². The zero-order valence-electron chi connectivity index (χ0n) is 9.47. The number of halogens is 1. The number of carbonyl (C=O) groups is 1. The third-order valence-electron chi connectivity index (χ3n) is 2.86. The lowest BCUT2D eigenvalue weighted by molar-refractivity contribution is -0.133. The fraction of sp³-hybridized carbons (Fsp3) is 0.333. The van der Waals surface area contributed by atoms with Gasteiger partial charge in [0.2, 0.25) is 0 Å². The molecule has 4 nitrogen and oxygen atoms in total. The molecule has 1 N–H and O–H groups in total. The summed E-state index contributed by atoms with van der Waals surface area (Å²) in [7, 11) is 0. The zero-order chi connectivity index (χ0) is 12.7. The van der Waals surface area contributed by atoms with Gasteiger partial charge in [-0.2, -0.15) is 0 Å². The van der Waals surface area contributed by atoms with E-state index in [0.717, 1.165) is 33.5 Å². The van der Waals surface area contributed by atoms with Crippen molar-refractivity contribution in [2.24, 2.45) is 0 Å². The summed E-state index contributed by atoms with van der Waals surface area (Å²) in [4.78, 5) is 15.2. The Labute approximate surface area is 117 Å². The molecule has 0 saturated heterocycles. The Kier molecular flexibility index (Phi) is 3.07. The Balaban J connectivity index is 2.06. The SMILES string of the molecule is O=C(O)CSc1nc2ccc(Br)cc2n1C1CC1. The summed E-state index contributed by atoms with van der Waals surface area (Å²) in [5, 5.41) is 9.59. The lowest BCUT2D eigenvalue weighted by Gasteiger charge is -2.05. The largest absolute Gasteiger partial charge is 0.481 e. The summed E-state index contributed by atoms with van der Waals surface area (Å²) in [6, 6.07) is 6.45. The first-order valence-electron chi connectivity index (χ1n) is 5.67. The first-order chi connectivity index (χ1) is 8.65. The summed E-state index contributed by atoms with van der Waals surface area (Å²) in [5.41, 5.74) is 2.01. The number of carboxylic acid groups (broad SMARTS) is 1. The van der Waals surface area contributed by atoms with Crippen LogP contribution in [0.3, 0.4) is 0 Å². The van der Waals surface area contributed by atoms with Crippen molar-refractivity contribution in [2.45, 2.75) is 24.0 Å². The molecule has 2 aromatic rings. The highest BCUT2D eigenvalue weighted by atomic mass is 79.9. The molecule has 0 spiro atoms. The highest BCUT2D eigenvalue weighted by Gasteiger charge is 2.28. The molecule has 1 aliphatic rings. The van der Waals surface area contributed by atoms with E-state index < -0.39 is 5.97 Å². The number of nitrogens with zero attached hydrogens (tertiary/aromatic N) is 2. The van der Waals surface area contributed by atoms with Crippen LogP contribution in [0.15, 0.2) is 27.8 Å². The Hall–Kier alpha value is -1.01. The van der Waals surface area contributed by atoms with E-state index in [-0.39, 0.29) is 5.75 Å². The van der Waals surface area contributed by atoms with Crippen molar-refractivity contribution in [3.8, 4) is 0 Å². The molecule has 3 rings (SSSR count). The third-order valence-corrected chi connectivity index (χ3v) is 4.29. The van der Waals surface area contributed by atoms with Gasteiger partial charge in [-0.15, -0.1) is 0 Å². The second-order valence-corrected chi connectivity index (χ2v) is 6.17. The third kappa shape index (κ3) is 2.27. The van der Waals surface area contributed by atoms with Crippen LogP contribution < -0.4 is 0 Å². The molecule has 94 valence electrons. The van der Waals surface area contributed by atoms with Crippen molar-refractivity contribution in [2.75, 3.05) is 5.75 Å². The van der Waals surface area contributed by atoms with Crippen LogP contribution in [0, 0.1) is 0 Å². The smallest absolute Gasteiger partial charge is 0.313 e. The number of hydrogen-bond donors (Lipinski definition) is 1. The molecule has 0 bridgehead atoms. The van der Waals surface area contributed by atoms with E-state index in [1.54, 1.807) is 0 Å². The van der Waals surface area contributed by atoms with E-state index in [1.165, 1.54) is 11.8 Å². The standard InChI is InChI=1S/C12H11BrN2O2S/c13-7-1-4-9-10(5-7)15(8-2-3-8)12(14-9)18-6-11(16)17/h1,4-5,8H,2-3,6H2,(H,16,17). The summed E-state index contributed by atoms with van der Waals surface area (Å²) in [5.74, 6) is -0.757. The number of carboxylic acids is 1. The molecule has 0 unspecified atom stereocenters. The maximum atomic E-state index is 10.7. The second kappa shape index (κ2) is 4.59. The van der Waals surface area contributed by atoms with E-state index in [0.29, 0.717) is 6.04 Å². The van der Waals surface area contributed by atoms with Crippen LogP contribution in [0.5, 0.6) is 0 Å². The molecule has 1 aromatic carbocycles. The lowest BCUT2D eigenvalue weighted by Crippen LogP contribution is -2.01. The van der Waals surface area contributed by atoms with Crippen molar-refractivity contribution >= 4 is 44.7 Å². The van der Waals surface area contributed by atoms with Gasteiger partial charge in [-0.3, -0.25) is 4.79 Å². The number of fused-ring (bicyclic) bond motifs is 1. The fourth-order valence-corrected chi connectivity index (χ4v) is 3.11. The van der Waals surface area contributed by atoms with E-state index in [9.17, 15) is 4.79 Å². The van der Waals surface area contributed by atoms with E-state index >= 15 is 0 Å². The molecule has 1 aliphatic carbocycles. The highest BCUT2D eigenvalue weighted by molar-refractivity contribution is 9.10. The van der Waals surface area contributed by atoms with Gasteiger partial charge < -0.3 is 9.67 Å². The molecule has 0 radical (unpaired) electrons. The first-order valence-corrected chi connectivity index (χ1v) is 7.45. The van der Waals surface area contributed by atoms with Crippen LogP contribution in [-0.2, 0) is 4.79 Å². The lowest BCUT2D eigenvalue weighted by atomic mass is 10.3. The number of thioether (sulfide) groups is 1. The van der Waals surface area contributed by atoms with Crippen molar-refractivity contribution in [3.05, 3.63) is 22.7 Å². The van der Waals surface area contributed by atoms with Gasteiger partial charge in [0.05, 0.1) is 16.8 Å². The molecule has 1 saturated carbocycles. The Bertz CT molecular complexity index is 622. The van der Waals surface area contributed by atoms with Crippen LogP contribution in [-0.4, -0.2) is 26.4 Å². The van der Waals surface area contributed by atoms with Crippen molar-refractivity contribution in [1.82, 2.24) is 9.55 Å². The summed E-state index contributed by atoms with van der Waals surface area (Å²) in [6.45, 7) is 0. The molecule has 1 aromatic heterocycles. The molecule has 6 heteroatoms. The average Bonchev–Trinajstić information content (AvgIpc) is 3.08. The molecule has 18 heavy (non-hydrogen) atoms. The number of benzene rings is 1. The topological polar surface area (TPSA) is 55.1 Å². The fourth-order valence-electron chi connectivity index (χ4n) is 1.96. The minimum absolute atomic E-state index is 0.0528. The average molecular weight is 327 g/mol. The van der Waals surface area contributed by atoms with E-state index in [2.05, 4.69) is 25.5 Å². The maximum Gasteiger partial charge on any atom is 0.313 e. The Morgan fingerprint density at radius 3 is 3.00 bits per heavy atom. The van der Waals surface area contributed by atoms with Gasteiger partial charge in [0, 0.05) is 10.5 Å². The predicted molar refractivity (Wildman–Crippen MR) is 74.1 cm³/mol. The molecule has 1 heterocycles. The van der Waals surface area contributed by atoms with E-state index in [1.807, 2.05) is 18.2 Å². The van der Waals surface area contributed by atoms with Crippen molar-refractivity contribution in [3.63, 3.8) is 0 Å². The number of rotatable bonds is 4. The van der Waals surface area contributed by atoms with Gasteiger partial charge >= 0.3 is 5.97 Å². The predicted octanol–water partition coefficient (Wildman–Crippen LogP) is 3.31. The number of aromatic nitrogens is 2. The van der Waals surface area contributed by atoms with Gasteiger partial charge in [0.1, 0.15) is 0 Å². The van der Waals surface area contributed by atoms with Gasteiger partial charge in [-0.05, 0) is 31.0 Å². The molecule has 0 aliphatic heterocycles. The van der Waals surface area contributed by atoms with Gasteiger partial charge in [-0.1, -0.05) is 27.7 Å². The Morgan fingerprint density at radius 2 is 2.33 bits per heavy atom. The summed E-state index contributed by atoms with van der Waals surface area (Å²) < 4.78 is 3.19. The van der Waals surface area contributed by atoms with E-state index in [4.69, 9.17) is 5.11 Å². The number of aliphatic carboxylic acids is 1. The summed E-state index contributed by atoms with van der Waals surface area (Å²) in [6.07, 6.45) is 2.30. The van der Waals surface area contributed by atoms with Crippen LogP contribution >= 0.6 is 27.7 Å². The van der Waals surface area contributed by atoms with Gasteiger partial charge in [0.25, 0.3) is 0 Å². The molecular formula is C12H11BrN2O2S. The van der Waals surface area contributed by atoms with Crippen LogP contribution in [0.4, 0.5) is 0 Å². The molecular weight excluding hydrogens is 316 g/mol. The van der Waals surface area contributed by atoms with Gasteiger partial charge in [0.15, 0.2) is 5.16 Å². The molecule has 1 fully saturated rings. The minimum Gasteiger partial charge on any atom is -0.481 e.